The Morgan fingerprint density at radius 1 is 1.14 bits per heavy atom. The number of imidazole rings is 1. The molecule has 180 valence electrons. The molecule has 0 bridgehead atoms. The number of aryl methyl sites for hydroxylation is 1. The summed E-state index contributed by atoms with van der Waals surface area (Å²) in [6, 6.07) is 11.6. The summed E-state index contributed by atoms with van der Waals surface area (Å²) < 4.78 is 3.24. The lowest BCUT2D eigenvalue weighted by Crippen LogP contribution is -2.42. The number of aliphatic hydroxyl groups is 1. The molecule has 1 aliphatic heterocycles. The number of likely N-dealkylation sites (N-methyl/N-ethyl adjacent to an activating group) is 1. The predicted octanol–water partition coefficient (Wildman–Crippen LogP) is 1.59. The Hall–Kier alpha value is -3.82. The molecule has 4 heterocycles. The minimum Gasteiger partial charge on any atom is -0.390 e. The molecule has 1 N–H and O–H groups in total. The van der Waals surface area contributed by atoms with E-state index in [1.807, 2.05) is 6.07 Å². The molecule has 5 rings (SSSR count). The highest BCUT2D eigenvalue weighted by Gasteiger charge is 2.22. The maximum absolute atomic E-state index is 13.0. The molecule has 0 spiro atoms. The van der Waals surface area contributed by atoms with Gasteiger partial charge >= 0.3 is 0 Å². The molecule has 0 fully saturated rings. The predicted molar refractivity (Wildman–Crippen MR) is 132 cm³/mol. The number of carbonyl (C=O) groups is 1. The van der Waals surface area contributed by atoms with Crippen molar-refractivity contribution < 1.29 is 9.90 Å². The highest BCUT2D eigenvalue weighted by Crippen LogP contribution is 2.19. The number of rotatable bonds is 6. The van der Waals surface area contributed by atoms with Gasteiger partial charge in [-0.25, -0.2) is 4.98 Å². The number of aromatic nitrogens is 4. The van der Waals surface area contributed by atoms with Gasteiger partial charge in [0, 0.05) is 70.5 Å². The number of nitrogens with zero attached hydrogens (tertiary/aromatic N) is 6. The molecule has 9 heteroatoms. The van der Waals surface area contributed by atoms with E-state index in [1.54, 1.807) is 49.3 Å². The molecule has 4 aromatic rings. The molecule has 0 saturated heterocycles. The van der Waals surface area contributed by atoms with Crippen molar-refractivity contribution in [1.82, 2.24) is 28.7 Å². The Labute approximate surface area is 202 Å². The summed E-state index contributed by atoms with van der Waals surface area (Å²) in [7, 11) is 3.36. The van der Waals surface area contributed by atoms with Crippen LogP contribution >= 0.6 is 0 Å². The Morgan fingerprint density at radius 2 is 1.94 bits per heavy atom. The molecule has 1 atom stereocenters. The van der Waals surface area contributed by atoms with E-state index in [-0.39, 0.29) is 23.7 Å². The van der Waals surface area contributed by atoms with Crippen LogP contribution in [0.4, 0.5) is 0 Å². The summed E-state index contributed by atoms with van der Waals surface area (Å²) in [5.74, 6) is -0.264. The lowest BCUT2D eigenvalue weighted by Gasteiger charge is -2.31. The first kappa shape index (κ1) is 22.9. The molecule has 9 nitrogen and oxygen atoms in total. The molecule has 0 aliphatic carbocycles. The van der Waals surface area contributed by atoms with E-state index in [4.69, 9.17) is 0 Å². The number of benzene rings is 1. The first-order chi connectivity index (χ1) is 16.9. The maximum Gasteiger partial charge on any atom is 0.273 e. The highest BCUT2D eigenvalue weighted by atomic mass is 16.3. The van der Waals surface area contributed by atoms with Gasteiger partial charge in [-0.05, 0) is 23.6 Å². The van der Waals surface area contributed by atoms with E-state index < -0.39 is 6.10 Å². The third-order valence-corrected chi connectivity index (χ3v) is 6.45. The minimum atomic E-state index is -0.663. The van der Waals surface area contributed by atoms with Crippen LogP contribution in [0.15, 0.2) is 66.0 Å². The van der Waals surface area contributed by atoms with E-state index in [0.29, 0.717) is 17.9 Å². The van der Waals surface area contributed by atoms with Gasteiger partial charge in [-0.3, -0.25) is 19.5 Å². The van der Waals surface area contributed by atoms with Crippen molar-refractivity contribution in [2.24, 2.45) is 7.05 Å². The second-order valence-electron chi connectivity index (χ2n) is 9.12. The van der Waals surface area contributed by atoms with E-state index in [9.17, 15) is 14.7 Å². The van der Waals surface area contributed by atoms with Gasteiger partial charge in [0.25, 0.3) is 5.91 Å². The first-order valence-electron chi connectivity index (χ1n) is 11.6. The molecule has 1 aromatic carbocycles. The van der Waals surface area contributed by atoms with Crippen molar-refractivity contribution in [3.63, 3.8) is 0 Å². The van der Waals surface area contributed by atoms with E-state index >= 15 is 0 Å². The zero-order valence-electron chi connectivity index (χ0n) is 19.8. The second-order valence-corrected chi connectivity index (χ2v) is 9.12. The molecule has 0 saturated carbocycles. The largest absolute Gasteiger partial charge is 0.390 e. The van der Waals surface area contributed by atoms with Crippen molar-refractivity contribution >= 4 is 11.6 Å². The fourth-order valence-corrected chi connectivity index (χ4v) is 4.56. The van der Waals surface area contributed by atoms with Gasteiger partial charge < -0.3 is 19.0 Å². The van der Waals surface area contributed by atoms with Crippen LogP contribution < -0.4 is 5.56 Å². The SMILES string of the molecule is CN(CC(O)CN1CCc2ccccc2C1)C(=O)c1cn2cc(-c3ccc(=O)n(C)c3)ncc2n1. The Morgan fingerprint density at radius 3 is 2.74 bits per heavy atom. The van der Waals surface area contributed by atoms with Gasteiger partial charge in [-0.1, -0.05) is 24.3 Å². The van der Waals surface area contributed by atoms with Crippen LogP contribution in [0.1, 0.15) is 21.6 Å². The van der Waals surface area contributed by atoms with Crippen LogP contribution in [0.2, 0.25) is 0 Å². The zero-order chi connectivity index (χ0) is 24.5. The Bertz CT molecular complexity index is 1440. The first-order valence-corrected chi connectivity index (χ1v) is 11.6. The van der Waals surface area contributed by atoms with Crippen LogP contribution in [0, 0.1) is 0 Å². The highest BCUT2D eigenvalue weighted by molar-refractivity contribution is 5.92. The smallest absolute Gasteiger partial charge is 0.273 e. The van der Waals surface area contributed by atoms with Gasteiger partial charge in [-0.2, -0.15) is 0 Å². The zero-order valence-corrected chi connectivity index (χ0v) is 19.8. The third-order valence-electron chi connectivity index (χ3n) is 6.45. The van der Waals surface area contributed by atoms with E-state index in [0.717, 1.165) is 25.1 Å². The average molecular weight is 473 g/mol. The van der Waals surface area contributed by atoms with Crippen molar-refractivity contribution in [3.8, 4) is 11.3 Å². The summed E-state index contributed by atoms with van der Waals surface area (Å²) in [5.41, 5.74) is 4.85. The van der Waals surface area contributed by atoms with Crippen LogP contribution in [0.3, 0.4) is 0 Å². The normalized spacial score (nSPS) is 14.6. The molecular weight excluding hydrogens is 444 g/mol. The van der Waals surface area contributed by atoms with Crippen molar-refractivity contribution in [1.29, 1.82) is 0 Å². The Kier molecular flexibility index (Phi) is 6.19. The number of pyridine rings is 1. The summed E-state index contributed by atoms with van der Waals surface area (Å²) in [6.45, 7) is 2.42. The molecule has 1 unspecified atom stereocenters. The van der Waals surface area contributed by atoms with Crippen molar-refractivity contribution in [3.05, 3.63) is 88.4 Å². The van der Waals surface area contributed by atoms with E-state index in [2.05, 4.69) is 33.1 Å². The molecule has 1 amide bonds. The quantitative estimate of drug-likeness (QED) is 0.458. The number of aliphatic hydroxyl groups excluding tert-OH is 1. The fourth-order valence-electron chi connectivity index (χ4n) is 4.56. The van der Waals surface area contributed by atoms with Gasteiger partial charge in [0.2, 0.25) is 5.56 Å². The van der Waals surface area contributed by atoms with Gasteiger partial charge in [0.15, 0.2) is 5.65 Å². The van der Waals surface area contributed by atoms with Crippen LogP contribution in [-0.2, 0) is 20.0 Å². The third kappa shape index (κ3) is 4.87. The van der Waals surface area contributed by atoms with Gasteiger partial charge in [-0.15, -0.1) is 0 Å². The standard InChI is InChI=1S/C26H28N6O3/c1-29-12-20(7-8-25(29)34)22-16-32-17-23(28-24(32)11-27-22)26(35)30(2)14-21(33)15-31-10-9-18-5-3-4-6-19(18)13-31/h3-8,11-12,16-17,21,33H,9-10,13-15H2,1-2H3. The van der Waals surface area contributed by atoms with E-state index in [1.165, 1.54) is 26.7 Å². The Balaban J connectivity index is 1.24. The number of hydrogen-bond donors (Lipinski definition) is 1. The monoisotopic (exact) mass is 472 g/mol. The minimum absolute atomic E-state index is 0.0966. The summed E-state index contributed by atoms with van der Waals surface area (Å²) in [5, 5.41) is 10.7. The maximum atomic E-state index is 13.0. The lowest BCUT2D eigenvalue weighted by molar-refractivity contribution is 0.0565. The van der Waals surface area contributed by atoms with Crippen molar-refractivity contribution in [2.75, 3.05) is 26.7 Å². The molecule has 3 aromatic heterocycles. The number of hydrogen-bond acceptors (Lipinski definition) is 6. The van der Waals surface area contributed by atoms with Crippen LogP contribution in [0.25, 0.3) is 16.9 Å². The number of amides is 1. The topological polar surface area (TPSA) is 96.0 Å². The van der Waals surface area contributed by atoms with Gasteiger partial charge in [0.1, 0.15) is 5.69 Å². The lowest BCUT2D eigenvalue weighted by atomic mass is 10.00. The van der Waals surface area contributed by atoms with Crippen LogP contribution in [0.5, 0.6) is 0 Å². The molecule has 35 heavy (non-hydrogen) atoms. The number of β-amino-alcohol motifs (C(OH)–C–C–N with tert-alkyl or cyclic N) is 1. The fraction of sp³-hybridized carbons (Fsp3) is 0.308. The second kappa shape index (κ2) is 9.44. The molecular formula is C26H28N6O3. The van der Waals surface area contributed by atoms with Crippen LogP contribution in [-0.4, -0.2) is 72.5 Å². The summed E-state index contributed by atoms with van der Waals surface area (Å²) in [4.78, 5) is 37.2. The van der Waals surface area contributed by atoms with Gasteiger partial charge in [0.05, 0.1) is 18.0 Å². The number of fused-ring (bicyclic) bond motifs is 2. The molecule has 1 aliphatic rings. The van der Waals surface area contributed by atoms with Crippen molar-refractivity contribution in [2.45, 2.75) is 19.1 Å². The average Bonchev–Trinajstić information content (AvgIpc) is 3.28. The molecule has 0 radical (unpaired) electrons. The summed E-state index contributed by atoms with van der Waals surface area (Å²) >= 11 is 0. The summed E-state index contributed by atoms with van der Waals surface area (Å²) in [6.07, 6.45) is 7.06. The number of carbonyl (C=O) groups excluding carboxylic acids is 1.